The van der Waals surface area contributed by atoms with Gasteiger partial charge in [-0.3, -0.25) is 0 Å². The first kappa shape index (κ1) is 13.7. The molecule has 1 aromatic rings. The lowest BCUT2D eigenvalue weighted by atomic mass is 10.1. The van der Waals surface area contributed by atoms with Crippen LogP contribution in [0, 0.1) is 0 Å². The molecule has 0 radical (unpaired) electrons. The van der Waals surface area contributed by atoms with Gasteiger partial charge >= 0.3 is 0 Å². The standard InChI is InChI=1S/C14H22ClN3/c1-11-10-17(2)7-4-8-18(11)14-12(9-16)5-3-6-13(14)15/h3,5-6,11H,4,7-10,16H2,1-2H3. The fourth-order valence-electron chi connectivity index (χ4n) is 2.75. The van der Waals surface area contributed by atoms with Crippen LogP contribution in [-0.2, 0) is 6.54 Å². The molecule has 1 atom stereocenters. The van der Waals surface area contributed by atoms with E-state index in [0.717, 1.165) is 42.3 Å². The molecule has 0 spiro atoms. The van der Waals surface area contributed by atoms with Gasteiger partial charge in [-0.2, -0.15) is 0 Å². The number of rotatable bonds is 2. The van der Waals surface area contributed by atoms with E-state index in [1.54, 1.807) is 0 Å². The van der Waals surface area contributed by atoms with Gasteiger partial charge in [0.05, 0.1) is 10.7 Å². The SMILES string of the molecule is CC1CN(C)CCCN1c1c(Cl)cccc1CN. The van der Waals surface area contributed by atoms with Crippen LogP contribution < -0.4 is 10.6 Å². The molecule has 1 saturated heterocycles. The van der Waals surface area contributed by atoms with Crippen molar-refractivity contribution in [2.24, 2.45) is 5.73 Å². The van der Waals surface area contributed by atoms with Crippen LogP contribution in [0.3, 0.4) is 0 Å². The maximum absolute atomic E-state index is 6.39. The summed E-state index contributed by atoms with van der Waals surface area (Å²) in [4.78, 5) is 4.79. The quantitative estimate of drug-likeness (QED) is 0.893. The van der Waals surface area contributed by atoms with Gasteiger partial charge < -0.3 is 15.5 Å². The Balaban J connectivity index is 2.34. The molecule has 18 heavy (non-hydrogen) atoms. The number of nitrogens with two attached hydrogens (primary N) is 1. The van der Waals surface area contributed by atoms with Gasteiger partial charge in [-0.05, 0) is 38.6 Å². The summed E-state index contributed by atoms with van der Waals surface area (Å²) < 4.78 is 0. The van der Waals surface area contributed by atoms with Crippen molar-refractivity contribution in [3.8, 4) is 0 Å². The Morgan fingerprint density at radius 2 is 2.17 bits per heavy atom. The number of benzene rings is 1. The van der Waals surface area contributed by atoms with Crippen molar-refractivity contribution < 1.29 is 0 Å². The Morgan fingerprint density at radius 1 is 1.39 bits per heavy atom. The van der Waals surface area contributed by atoms with Crippen LogP contribution in [0.15, 0.2) is 18.2 Å². The Bertz CT molecular complexity index is 408. The highest BCUT2D eigenvalue weighted by Gasteiger charge is 2.23. The largest absolute Gasteiger partial charge is 0.366 e. The summed E-state index contributed by atoms with van der Waals surface area (Å²) in [5.74, 6) is 0. The molecule has 4 heteroatoms. The lowest BCUT2D eigenvalue weighted by Gasteiger charge is -2.32. The molecule has 0 bridgehead atoms. The average molecular weight is 268 g/mol. The van der Waals surface area contributed by atoms with Crippen molar-refractivity contribution >= 4 is 17.3 Å². The molecule has 1 aliphatic rings. The summed E-state index contributed by atoms with van der Waals surface area (Å²) in [6.07, 6.45) is 1.16. The van der Waals surface area contributed by atoms with Crippen molar-refractivity contribution in [2.45, 2.75) is 25.9 Å². The van der Waals surface area contributed by atoms with Crippen molar-refractivity contribution in [1.82, 2.24) is 4.90 Å². The minimum atomic E-state index is 0.461. The second kappa shape index (κ2) is 5.91. The van der Waals surface area contributed by atoms with Gasteiger partial charge in [-0.25, -0.2) is 0 Å². The zero-order valence-electron chi connectivity index (χ0n) is 11.2. The van der Waals surface area contributed by atoms with Crippen molar-refractivity contribution in [1.29, 1.82) is 0 Å². The van der Waals surface area contributed by atoms with Gasteiger partial charge in [0.1, 0.15) is 0 Å². The van der Waals surface area contributed by atoms with E-state index in [4.69, 9.17) is 17.3 Å². The van der Waals surface area contributed by atoms with E-state index < -0.39 is 0 Å². The minimum absolute atomic E-state index is 0.461. The first-order chi connectivity index (χ1) is 8.63. The Morgan fingerprint density at radius 3 is 2.89 bits per heavy atom. The minimum Gasteiger partial charge on any atom is -0.366 e. The normalized spacial score (nSPS) is 22.0. The van der Waals surface area contributed by atoms with E-state index in [1.165, 1.54) is 0 Å². The number of anilines is 1. The highest BCUT2D eigenvalue weighted by atomic mass is 35.5. The zero-order valence-corrected chi connectivity index (χ0v) is 12.0. The highest BCUT2D eigenvalue weighted by molar-refractivity contribution is 6.33. The zero-order chi connectivity index (χ0) is 13.1. The molecule has 1 unspecified atom stereocenters. The molecule has 2 N–H and O–H groups in total. The number of halogens is 1. The van der Waals surface area contributed by atoms with E-state index in [2.05, 4.69) is 29.8 Å². The molecule has 1 aromatic carbocycles. The molecule has 1 aliphatic heterocycles. The van der Waals surface area contributed by atoms with Crippen LogP contribution >= 0.6 is 11.6 Å². The molecule has 1 heterocycles. The predicted octanol–water partition coefficient (Wildman–Crippen LogP) is 2.33. The van der Waals surface area contributed by atoms with Gasteiger partial charge in [0.25, 0.3) is 0 Å². The third-order valence-electron chi connectivity index (χ3n) is 3.62. The molecular weight excluding hydrogens is 246 g/mol. The van der Waals surface area contributed by atoms with Crippen molar-refractivity contribution in [3.05, 3.63) is 28.8 Å². The lowest BCUT2D eigenvalue weighted by molar-refractivity contribution is 0.337. The number of likely N-dealkylation sites (N-methyl/N-ethyl adjacent to an activating group) is 1. The van der Waals surface area contributed by atoms with Gasteiger partial charge in [-0.1, -0.05) is 23.7 Å². The Labute approximate surface area is 115 Å². The van der Waals surface area contributed by atoms with Crippen LogP contribution in [-0.4, -0.2) is 37.6 Å². The fourth-order valence-corrected chi connectivity index (χ4v) is 3.05. The van der Waals surface area contributed by atoms with E-state index in [9.17, 15) is 0 Å². The summed E-state index contributed by atoms with van der Waals surface area (Å²) in [5, 5.41) is 0.814. The van der Waals surface area contributed by atoms with Crippen LogP contribution in [0.1, 0.15) is 18.9 Å². The molecule has 0 amide bonds. The van der Waals surface area contributed by atoms with Crippen molar-refractivity contribution in [2.75, 3.05) is 31.6 Å². The van der Waals surface area contributed by atoms with E-state index in [0.29, 0.717) is 12.6 Å². The Kier molecular flexibility index (Phi) is 4.49. The third kappa shape index (κ3) is 2.79. The molecule has 0 saturated carbocycles. The average Bonchev–Trinajstić information content (AvgIpc) is 2.50. The van der Waals surface area contributed by atoms with Crippen molar-refractivity contribution in [3.63, 3.8) is 0 Å². The lowest BCUT2D eigenvalue weighted by Crippen LogP contribution is -2.38. The molecule has 0 aliphatic carbocycles. The second-order valence-corrected chi connectivity index (χ2v) is 5.52. The van der Waals surface area contributed by atoms with Gasteiger partial charge in [-0.15, -0.1) is 0 Å². The summed E-state index contributed by atoms with van der Waals surface area (Å²) in [6, 6.07) is 6.46. The summed E-state index contributed by atoms with van der Waals surface area (Å²) in [7, 11) is 2.18. The number of hydrogen-bond donors (Lipinski definition) is 1. The van der Waals surface area contributed by atoms with E-state index in [1.807, 2.05) is 12.1 Å². The first-order valence-electron chi connectivity index (χ1n) is 6.56. The van der Waals surface area contributed by atoms with Crippen LogP contribution in [0.5, 0.6) is 0 Å². The number of nitrogens with zero attached hydrogens (tertiary/aromatic N) is 2. The molecule has 1 fully saturated rings. The predicted molar refractivity (Wildman–Crippen MR) is 78.3 cm³/mol. The van der Waals surface area contributed by atoms with Crippen LogP contribution in [0.2, 0.25) is 5.02 Å². The van der Waals surface area contributed by atoms with Gasteiger partial charge in [0.15, 0.2) is 0 Å². The Hall–Kier alpha value is -0.770. The number of hydrogen-bond acceptors (Lipinski definition) is 3. The fraction of sp³-hybridized carbons (Fsp3) is 0.571. The van der Waals surface area contributed by atoms with Gasteiger partial charge in [0, 0.05) is 25.7 Å². The molecular formula is C14H22ClN3. The maximum atomic E-state index is 6.39. The smallest absolute Gasteiger partial charge is 0.0643 e. The van der Waals surface area contributed by atoms with E-state index >= 15 is 0 Å². The van der Waals surface area contributed by atoms with E-state index in [-0.39, 0.29) is 0 Å². The summed E-state index contributed by atoms with van der Waals surface area (Å²) >= 11 is 6.39. The number of para-hydroxylation sites is 1. The molecule has 100 valence electrons. The highest BCUT2D eigenvalue weighted by Crippen LogP contribution is 2.32. The summed E-state index contributed by atoms with van der Waals surface area (Å²) in [6.45, 7) is 6.04. The second-order valence-electron chi connectivity index (χ2n) is 5.11. The van der Waals surface area contributed by atoms with Crippen LogP contribution in [0.4, 0.5) is 5.69 Å². The summed E-state index contributed by atoms with van der Waals surface area (Å²) in [5.41, 5.74) is 8.11. The molecule has 3 nitrogen and oxygen atoms in total. The first-order valence-corrected chi connectivity index (χ1v) is 6.94. The van der Waals surface area contributed by atoms with Crippen LogP contribution in [0.25, 0.3) is 0 Å². The molecule has 2 rings (SSSR count). The molecule has 0 aromatic heterocycles. The topological polar surface area (TPSA) is 32.5 Å². The van der Waals surface area contributed by atoms with Gasteiger partial charge in [0.2, 0.25) is 0 Å². The third-order valence-corrected chi connectivity index (χ3v) is 3.93. The maximum Gasteiger partial charge on any atom is 0.0643 e. The monoisotopic (exact) mass is 267 g/mol.